The summed E-state index contributed by atoms with van der Waals surface area (Å²) in [5.41, 5.74) is -0.671. The highest BCUT2D eigenvalue weighted by molar-refractivity contribution is 7.80. The third-order valence-corrected chi connectivity index (χ3v) is 2.64. The molecule has 1 aromatic rings. The maximum absolute atomic E-state index is 12.4. The molecule has 1 aromatic carbocycles. The largest absolute Gasteiger partial charge is 0.416 e. The summed E-state index contributed by atoms with van der Waals surface area (Å²) >= 11 is 15.4. The second-order valence-corrected chi connectivity index (χ2v) is 4.35. The first kappa shape index (κ1) is 14.6. The number of halogens is 5. The molecule has 0 nitrogen and oxygen atoms in total. The molecule has 0 aliphatic carbocycles. The van der Waals surface area contributed by atoms with Crippen molar-refractivity contribution < 1.29 is 13.2 Å². The molecule has 0 N–H and O–H groups in total. The van der Waals surface area contributed by atoms with Crippen molar-refractivity contribution in [3.63, 3.8) is 0 Å². The van der Waals surface area contributed by atoms with Crippen LogP contribution < -0.4 is 0 Å². The van der Waals surface area contributed by atoms with Gasteiger partial charge in [0, 0.05) is 12.2 Å². The van der Waals surface area contributed by atoms with Gasteiger partial charge in [0.05, 0.1) is 21.2 Å². The normalized spacial score (nSPS) is 10.9. The Bertz CT molecular complexity index is 449. The molecule has 0 unspecified atom stereocenters. The minimum absolute atomic E-state index is 0.100. The predicted octanol–water partition coefficient (Wildman–Crippen LogP) is 4.68. The monoisotopic (exact) mass is 298 g/mol. The molecular formula is C11H7Cl2F3S. The molecule has 0 spiro atoms. The van der Waals surface area contributed by atoms with Crippen LogP contribution in [0.1, 0.15) is 17.5 Å². The maximum atomic E-state index is 12.4. The summed E-state index contributed by atoms with van der Waals surface area (Å²) in [6.07, 6.45) is -3.96. The number of benzene rings is 1. The van der Waals surface area contributed by atoms with Gasteiger partial charge in [-0.15, -0.1) is 0 Å². The summed E-state index contributed by atoms with van der Waals surface area (Å²) in [6.45, 7) is 0. The molecule has 0 amide bonds. The van der Waals surface area contributed by atoms with Gasteiger partial charge in [0.1, 0.15) is 0 Å². The highest BCUT2D eigenvalue weighted by atomic mass is 35.5. The molecule has 1 rings (SSSR count). The summed E-state index contributed by atoms with van der Waals surface area (Å²) in [7, 11) is 0. The van der Waals surface area contributed by atoms with Crippen LogP contribution in [-0.2, 0) is 6.18 Å². The molecule has 0 aliphatic heterocycles. The second-order valence-electron chi connectivity index (χ2n) is 3.09. The van der Waals surface area contributed by atoms with Gasteiger partial charge in [-0.25, -0.2) is 0 Å². The summed E-state index contributed by atoms with van der Waals surface area (Å²) in [4.78, 5) is 0. The van der Waals surface area contributed by atoms with Crippen molar-refractivity contribution in [1.29, 1.82) is 0 Å². The van der Waals surface area contributed by atoms with E-state index >= 15 is 0 Å². The Morgan fingerprint density at radius 2 is 1.71 bits per heavy atom. The Kier molecular flexibility index (Phi) is 5.05. The zero-order valence-corrected chi connectivity index (χ0v) is 10.8. The summed E-state index contributed by atoms with van der Waals surface area (Å²) in [5, 5.41) is -0.201. The zero-order chi connectivity index (χ0) is 13.1. The van der Waals surface area contributed by atoms with Crippen molar-refractivity contribution in [3.8, 4) is 11.8 Å². The van der Waals surface area contributed by atoms with Crippen LogP contribution in [0.25, 0.3) is 0 Å². The second kappa shape index (κ2) is 5.90. The quantitative estimate of drug-likeness (QED) is 0.565. The number of alkyl halides is 3. The van der Waals surface area contributed by atoms with E-state index in [1.54, 1.807) is 0 Å². The van der Waals surface area contributed by atoms with E-state index in [0.29, 0.717) is 12.2 Å². The molecule has 0 saturated carbocycles. The third kappa shape index (κ3) is 4.02. The van der Waals surface area contributed by atoms with E-state index in [1.807, 2.05) is 0 Å². The minimum Gasteiger partial charge on any atom is -0.178 e. The van der Waals surface area contributed by atoms with Crippen LogP contribution in [0.5, 0.6) is 0 Å². The van der Waals surface area contributed by atoms with Gasteiger partial charge in [-0.05, 0) is 12.1 Å². The minimum atomic E-state index is -4.47. The Morgan fingerprint density at radius 3 is 2.12 bits per heavy atom. The molecule has 0 fully saturated rings. The van der Waals surface area contributed by atoms with Crippen molar-refractivity contribution in [1.82, 2.24) is 0 Å². The van der Waals surface area contributed by atoms with E-state index in [2.05, 4.69) is 24.5 Å². The average molecular weight is 299 g/mol. The molecule has 0 atom stereocenters. The van der Waals surface area contributed by atoms with Crippen LogP contribution in [0.4, 0.5) is 13.2 Å². The molecular weight excluding hydrogens is 292 g/mol. The number of hydrogen-bond acceptors (Lipinski definition) is 1. The van der Waals surface area contributed by atoms with Crippen molar-refractivity contribution in [2.75, 3.05) is 5.75 Å². The molecule has 0 heterocycles. The molecule has 6 heteroatoms. The van der Waals surface area contributed by atoms with Gasteiger partial charge < -0.3 is 0 Å². The van der Waals surface area contributed by atoms with Gasteiger partial charge in [-0.1, -0.05) is 35.0 Å². The lowest BCUT2D eigenvalue weighted by Gasteiger charge is -2.09. The van der Waals surface area contributed by atoms with Crippen molar-refractivity contribution >= 4 is 35.8 Å². The lowest BCUT2D eigenvalue weighted by atomic mass is 10.1. The molecule has 0 bridgehead atoms. The highest BCUT2D eigenvalue weighted by Gasteiger charge is 2.31. The predicted molar refractivity (Wildman–Crippen MR) is 66.8 cm³/mol. The van der Waals surface area contributed by atoms with E-state index < -0.39 is 11.7 Å². The summed E-state index contributed by atoms with van der Waals surface area (Å²) in [5.74, 6) is 5.90. The van der Waals surface area contributed by atoms with Crippen LogP contribution in [0.2, 0.25) is 10.0 Å². The number of hydrogen-bond donors (Lipinski definition) is 1. The number of thiol groups is 1. The van der Waals surface area contributed by atoms with Gasteiger partial charge in [0.25, 0.3) is 0 Å². The fourth-order valence-electron chi connectivity index (χ4n) is 1.06. The molecule has 0 aromatic heterocycles. The third-order valence-electron chi connectivity index (χ3n) is 1.82. The molecule has 0 radical (unpaired) electrons. The number of rotatable bonds is 1. The molecule has 17 heavy (non-hydrogen) atoms. The fourth-order valence-corrected chi connectivity index (χ4v) is 1.76. The van der Waals surface area contributed by atoms with E-state index in [-0.39, 0.29) is 15.6 Å². The van der Waals surface area contributed by atoms with Crippen LogP contribution in [0.15, 0.2) is 12.1 Å². The first-order chi connectivity index (χ1) is 7.86. The van der Waals surface area contributed by atoms with E-state index in [0.717, 1.165) is 12.1 Å². The smallest absolute Gasteiger partial charge is 0.178 e. The lowest BCUT2D eigenvalue weighted by Crippen LogP contribution is -2.05. The van der Waals surface area contributed by atoms with Gasteiger partial charge >= 0.3 is 6.18 Å². The zero-order valence-electron chi connectivity index (χ0n) is 8.41. The van der Waals surface area contributed by atoms with Gasteiger partial charge in [0.15, 0.2) is 0 Å². The highest BCUT2D eigenvalue weighted by Crippen LogP contribution is 2.35. The Balaban J connectivity index is 3.17. The Hall–Kier alpha value is -0.500. The first-order valence-electron chi connectivity index (χ1n) is 4.52. The van der Waals surface area contributed by atoms with Crippen molar-refractivity contribution in [2.24, 2.45) is 0 Å². The van der Waals surface area contributed by atoms with E-state index in [4.69, 9.17) is 23.2 Å². The van der Waals surface area contributed by atoms with Gasteiger partial charge in [0.2, 0.25) is 0 Å². The maximum Gasteiger partial charge on any atom is 0.416 e. The van der Waals surface area contributed by atoms with Crippen LogP contribution in [0, 0.1) is 11.8 Å². The molecule has 92 valence electrons. The van der Waals surface area contributed by atoms with E-state index in [1.165, 1.54) is 0 Å². The van der Waals surface area contributed by atoms with Crippen LogP contribution in [0.3, 0.4) is 0 Å². The SMILES string of the molecule is FC(F)(F)c1cc(Cl)c(C#CCCS)c(Cl)c1. The van der Waals surface area contributed by atoms with Crippen molar-refractivity contribution in [2.45, 2.75) is 12.6 Å². The van der Waals surface area contributed by atoms with Gasteiger partial charge in [-0.2, -0.15) is 25.8 Å². The lowest BCUT2D eigenvalue weighted by molar-refractivity contribution is -0.137. The molecule has 0 aliphatic rings. The average Bonchev–Trinajstić information content (AvgIpc) is 2.20. The van der Waals surface area contributed by atoms with Crippen LogP contribution in [-0.4, -0.2) is 5.75 Å². The summed E-state index contributed by atoms with van der Waals surface area (Å²) < 4.78 is 37.3. The van der Waals surface area contributed by atoms with Crippen LogP contribution >= 0.6 is 35.8 Å². The van der Waals surface area contributed by atoms with Gasteiger partial charge in [-0.3, -0.25) is 0 Å². The van der Waals surface area contributed by atoms with Crippen molar-refractivity contribution in [3.05, 3.63) is 33.3 Å². The Morgan fingerprint density at radius 1 is 1.18 bits per heavy atom. The molecule has 0 saturated heterocycles. The first-order valence-corrected chi connectivity index (χ1v) is 5.91. The summed E-state index contributed by atoms with van der Waals surface area (Å²) in [6, 6.07) is 1.64. The van der Waals surface area contributed by atoms with E-state index in [9.17, 15) is 13.2 Å². The standard InChI is InChI=1S/C11H7Cl2F3S/c12-9-5-7(11(14,15)16)6-10(13)8(9)3-1-2-4-17/h5-6,17H,2,4H2. The fraction of sp³-hybridized carbons (Fsp3) is 0.273. The topological polar surface area (TPSA) is 0 Å². The Labute approximate surface area is 113 Å².